The van der Waals surface area contributed by atoms with Crippen LogP contribution < -0.4 is 5.32 Å². The molecule has 0 aromatic carbocycles. The minimum Gasteiger partial charge on any atom is -0.393 e. The van der Waals surface area contributed by atoms with Crippen molar-refractivity contribution >= 4 is 0 Å². The molecule has 0 aliphatic heterocycles. The fourth-order valence-corrected chi connectivity index (χ4v) is 2.35. The lowest BCUT2D eigenvalue weighted by molar-refractivity contribution is 0.131. The topological polar surface area (TPSA) is 50.1 Å². The third-order valence-corrected chi connectivity index (χ3v) is 3.35. The van der Waals surface area contributed by atoms with E-state index in [1.54, 1.807) is 0 Å². The summed E-state index contributed by atoms with van der Waals surface area (Å²) in [6.45, 7) is 2.99. The number of aliphatic hydroxyl groups is 1. The molecule has 4 nitrogen and oxygen atoms in total. The Balaban J connectivity index is 1.52. The molecule has 2 N–H and O–H groups in total. The van der Waals surface area contributed by atoms with Crippen molar-refractivity contribution in [3.63, 3.8) is 0 Å². The molecule has 1 aromatic rings. The molecule has 1 aliphatic carbocycles. The van der Waals surface area contributed by atoms with Crippen molar-refractivity contribution in [1.82, 2.24) is 14.9 Å². The normalized spacial score (nSPS) is 25.1. The Kier molecular flexibility index (Phi) is 4.36. The summed E-state index contributed by atoms with van der Waals surface area (Å²) in [6.07, 6.45) is 10.0. The van der Waals surface area contributed by atoms with Gasteiger partial charge in [0.1, 0.15) is 0 Å². The molecule has 0 amide bonds. The highest BCUT2D eigenvalue weighted by Crippen LogP contribution is 2.24. The molecular weight excluding hydrogens is 202 g/mol. The second-order valence-electron chi connectivity index (χ2n) is 4.62. The lowest BCUT2D eigenvalue weighted by Gasteiger charge is -2.14. The summed E-state index contributed by atoms with van der Waals surface area (Å²) in [5.41, 5.74) is 0. The Labute approximate surface area is 96.7 Å². The van der Waals surface area contributed by atoms with Crippen molar-refractivity contribution in [2.45, 2.75) is 38.3 Å². The molecule has 4 heteroatoms. The van der Waals surface area contributed by atoms with E-state index in [0.717, 1.165) is 32.5 Å². The molecule has 1 saturated carbocycles. The molecule has 90 valence electrons. The zero-order chi connectivity index (χ0) is 11.2. The van der Waals surface area contributed by atoms with Gasteiger partial charge in [0.05, 0.1) is 12.4 Å². The van der Waals surface area contributed by atoms with E-state index in [1.165, 1.54) is 12.8 Å². The lowest BCUT2D eigenvalue weighted by Crippen LogP contribution is -2.28. The van der Waals surface area contributed by atoms with Gasteiger partial charge < -0.3 is 15.0 Å². The monoisotopic (exact) mass is 223 g/mol. The standard InChI is InChI=1S/C12H21N3O/c16-12-4-1-3-11(12)9-13-5-2-7-15-8-6-14-10-15/h6,8,10-13,16H,1-5,7,9H2. The van der Waals surface area contributed by atoms with Gasteiger partial charge in [-0.15, -0.1) is 0 Å². The van der Waals surface area contributed by atoms with Gasteiger partial charge in [-0.25, -0.2) is 4.98 Å². The predicted octanol–water partition coefficient (Wildman–Crippen LogP) is 1.02. The summed E-state index contributed by atoms with van der Waals surface area (Å²) >= 11 is 0. The molecule has 1 heterocycles. The molecule has 0 radical (unpaired) electrons. The van der Waals surface area contributed by atoms with Crippen molar-refractivity contribution in [2.75, 3.05) is 13.1 Å². The number of hydrogen-bond acceptors (Lipinski definition) is 3. The van der Waals surface area contributed by atoms with Gasteiger partial charge >= 0.3 is 0 Å². The third kappa shape index (κ3) is 3.32. The molecule has 0 saturated heterocycles. The molecule has 1 aromatic heterocycles. The average Bonchev–Trinajstić information content (AvgIpc) is 2.90. The van der Waals surface area contributed by atoms with Crippen LogP contribution in [0, 0.1) is 5.92 Å². The third-order valence-electron chi connectivity index (χ3n) is 3.35. The van der Waals surface area contributed by atoms with Gasteiger partial charge in [-0.05, 0) is 31.7 Å². The summed E-state index contributed by atoms with van der Waals surface area (Å²) < 4.78 is 2.09. The van der Waals surface area contributed by atoms with Crippen molar-refractivity contribution < 1.29 is 5.11 Å². The highest BCUT2D eigenvalue weighted by molar-refractivity contribution is 4.78. The van der Waals surface area contributed by atoms with Crippen LogP contribution in [0.15, 0.2) is 18.7 Å². The van der Waals surface area contributed by atoms with Gasteiger partial charge in [0.2, 0.25) is 0 Å². The van der Waals surface area contributed by atoms with Crippen LogP contribution in [-0.2, 0) is 6.54 Å². The maximum atomic E-state index is 9.64. The van der Waals surface area contributed by atoms with Gasteiger partial charge in [-0.2, -0.15) is 0 Å². The van der Waals surface area contributed by atoms with Crippen molar-refractivity contribution in [1.29, 1.82) is 0 Å². The fraction of sp³-hybridized carbons (Fsp3) is 0.750. The number of aromatic nitrogens is 2. The minimum atomic E-state index is -0.0684. The molecule has 2 atom stereocenters. The summed E-state index contributed by atoms with van der Waals surface area (Å²) in [5.74, 6) is 0.480. The number of aliphatic hydroxyl groups excluding tert-OH is 1. The lowest BCUT2D eigenvalue weighted by atomic mass is 10.1. The van der Waals surface area contributed by atoms with Crippen LogP contribution in [0.3, 0.4) is 0 Å². The Bertz CT molecular complexity index is 286. The SMILES string of the molecule is OC1CCCC1CNCCCn1ccnc1. The molecule has 0 bridgehead atoms. The van der Waals surface area contributed by atoms with Crippen LogP contribution in [0.5, 0.6) is 0 Å². The van der Waals surface area contributed by atoms with E-state index < -0.39 is 0 Å². The first-order chi connectivity index (χ1) is 7.86. The number of rotatable bonds is 6. The van der Waals surface area contributed by atoms with Crippen LogP contribution >= 0.6 is 0 Å². The zero-order valence-electron chi connectivity index (χ0n) is 9.68. The first-order valence-corrected chi connectivity index (χ1v) is 6.21. The average molecular weight is 223 g/mol. The highest BCUT2D eigenvalue weighted by atomic mass is 16.3. The van der Waals surface area contributed by atoms with Gasteiger partial charge in [0.15, 0.2) is 0 Å². The Morgan fingerprint density at radius 2 is 2.38 bits per heavy atom. The first kappa shape index (κ1) is 11.6. The molecule has 2 rings (SSSR count). The fourth-order valence-electron chi connectivity index (χ4n) is 2.35. The van der Waals surface area contributed by atoms with Crippen LogP contribution in [-0.4, -0.2) is 33.9 Å². The van der Waals surface area contributed by atoms with E-state index >= 15 is 0 Å². The maximum Gasteiger partial charge on any atom is 0.0945 e. The largest absolute Gasteiger partial charge is 0.393 e. The molecule has 1 fully saturated rings. The van der Waals surface area contributed by atoms with Crippen molar-refractivity contribution in [3.8, 4) is 0 Å². The minimum absolute atomic E-state index is 0.0684. The zero-order valence-corrected chi connectivity index (χ0v) is 9.68. The number of nitrogens with zero attached hydrogens (tertiary/aromatic N) is 2. The summed E-state index contributed by atoms with van der Waals surface area (Å²) in [7, 11) is 0. The summed E-state index contributed by atoms with van der Waals surface area (Å²) in [6, 6.07) is 0. The summed E-state index contributed by atoms with van der Waals surface area (Å²) in [4.78, 5) is 4.00. The van der Waals surface area contributed by atoms with Gasteiger partial charge in [-0.1, -0.05) is 6.42 Å². The number of imidazole rings is 1. The van der Waals surface area contributed by atoms with E-state index in [-0.39, 0.29) is 6.10 Å². The van der Waals surface area contributed by atoms with Crippen LogP contribution in [0.25, 0.3) is 0 Å². The van der Waals surface area contributed by atoms with Crippen LogP contribution in [0.1, 0.15) is 25.7 Å². The molecule has 0 spiro atoms. The van der Waals surface area contributed by atoms with E-state index in [4.69, 9.17) is 0 Å². The second kappa shape index (κ2) is 6.01. The Hall–Kier alpha value is -0.870. The van der Waals surface area contributed by atoms with E-state index in [1.807, 2.05) is 18.7 Å². The van der Waals surface area contributed by atoms with Crippen molar-refractivity contribution in [2.24, 2.45) is 5.92 Å². The van der Waals surface area contributed by atoms with E-state index in [0.29, 0.717) is 5.92 Å². The quantitative estimate of drug-likeness (QED) is 0.708. The second-order valence-corrected chi connectivity index (χ2v) is 4.62. The molecule has 1 aliphatic rings. The van der Waals surface area contributed by atoms with Gasteiger partial charge in [0, 0.05) is 25.5 Å². The number of aryl methyl sites for hydroxylation is 1. The van der Waals surface area contributed by atoms with E-state index in [2.05, 4.69) is 14.9 Å². The highest BCUT2D eigenvalue weighted by Gasteiger charge is 2.24. The molecule has 2 unspecified atom stereocenters. The smallest absolute Gasteiger partial charge is 0.0945 e. The van der Waals surface area contributed by atoms with Crippen molar-refractivity contribution in [3.05, 3.63) is 18.7 Å². The van der Waals surface area contributed by atoms with Gasteiger partial charge in [-0.3, -0.25) is 0 Å². The maximum absolute atomic E-state index is 9.64. The number of hydrogen-bond donors (Lipinski definition) is 2. The van der Waals surface area contributed by atoms with E-state index in [9.17, 15) is 5.11 Å². The predicted molar refractivity (Wildman–Crippen MR) is 63.1 cm³/mol. The Morgan fingerprint density at radius 3 is 3.06 bits per heavy atom. The molecular formula is C12H21N3O. The van der Waals surface area contributed by atoms with Crippen LogP contribution in [0.2, 0.25) is 0 Å². The van der Waals surface area contributed by atoms with Gasteiger partial charge in [0.25, 0.3) is 0 Å². The van der Waals surface area contributed by atoms with Crippen LogP contribution in [0.4, 0.5) is 0 Å². The first-order valence-electron chi connectivity index (χ1n) is 6.21. The Morgan fingerprint density at radius 1 is 1.44 bits per heavy atom. The molecule has 16 heavy (non-hydrogen) atoms. The summed E-state index contributed by atoms with van der Waals surface area (Å²) in [5, 5.41) is 13.1. The number of nitrogens with one attached hydrogen (secondary N) is 1.